The van der Waals surface area contributed by atoms with Crippen molar-refractivity contribution in [3.05, 3.63) is 88.4 Å². The molecule has 2 aliphatic rings. The second-order valence-corrected chi connectivity index (χ2v) is 11.1. The van der Waals surface area contributed by atoms with Gasteiger partial charge in [-0.1, -0.05) is 23.4 Å². The summed E-state index contributed by atoms with van der Waals surface area (Å²) in [5.41, 5.74) is 5.06. The van der Waals surface area contributed by atoms with E-state index in [1.54, 1.807) is 23.2 Å². The van der Waals surface area contributed by atoms with Crippen molar-refractivity contribution in [1.29, 1.82) is 0 Å². The van der Waals surface area contributed by atoms with Crippen LogP contribution in [0.3, 0.4) is 0 Å². The summed E-state index contributed by atoms with van der Waals surface area (Å²) in [5, 5.41) is 8.15. The summed E-state index contributed by atoms with van der Waals surface area (Å²) < 4.78 is 9.17. The van der Waals surface area contributed by atoms with Crippen LogP contribution in [0.5, 0.6) is 0 Å². The number of aromatic nitrogens is 6. The zero-order chi connectivity index (χ0) is 27.9. The van der Waals surface area contributed by atoms with E-state index < -0.39 is 0 Å². The molecule has 0 bridgehead atoms. The summed E-state index contributed by atoms with van der Waals surface area (Å²) in [5.74, 6) is 2.32. The zero-order valence-corrected chi connectivity index (χ0v) is 23.2. The Hall–Kier alpha value is -4.57. The Morgan fingerprint density at radius 1 is 1.12 bits per heavy atom. The van der Waals surface area contributed by atoms with E-state index in [4.69, 9.17) is 9.51 Å². The number of pyridine rings is 1. The molecule has 1 aliphatic heterocycles. The third kappa shape index (κ3) is 4.84. The van der Waals surface area contributed by atoms with Crippen molar-refractivity contribution in [1.82, 2.24) is 34.1 Å². The fourth-order valence-electron chi connectivity index (χ4n) is 6.01. The Labute approximate surface area is 237 Å². The van der Waals surface area contributed by atoms with Crippen molar-refractivity contribution in [3.8, 4) is 11.4 Å². The SMILES string of the molecule is CN1CCC(c2ccc(Nc3ncc4cc(-c5nccn5C)c(=O)n(Cc5cnoc5C5=CCCC5)c4n3)cc2)C1. The molecule has 41 heavy (non-hydrogen) atoms. The van der Waals surface area contributed by atoms with Crippen LogP contribution in [0, 0.1) is 0 Å². The van der Waals surface area contributed by atoms with E-state index in [1.165, 1.54) is 12.0 Å². The van der Waals surface area contributed by atoms with E-state index in [2.05, 4.69) is 62.7 Å². The Morgan fingerprint density at radius 2 is 2.00 bits per heavy atom. The minimum absolute atomic E-state index is 0.185. The van der Waals surface area contributed by atoms with E-state index in [9.17, 15) is 4.79 Å². The van der Waals surface area contributed by atoms with Gasteiger partial charge in [0.25, 0.3) is 5.56 Å². The van der Waals surface area contributed by atoms with E-state index in [-0.39, 0.29) is 12.1 Å². The molecule has 1 fully saturated rings. The van der Waals surface area contributed by atoms with Gasteiger partial charge in [0, 0.05) is 48.8 Å². The number of aryl methyl sites for hydroxylation is 1. The lowest BCUT2D eigenvalue weighted by atomic mass is 9.98. The molecule has 0 radical (unpaired) electrons. The fraction of sp³-hybridized carbons (Fsp3) is 0.323. The Kier molecular flexibility index (Phi) is 6.47. The first-order valence-corrected chi connectivity index (χ1v) is 14.1. The minimum atomic E-state index is -0.185. The molecule has 7 rings (SSSR count). The molecule has 1 aliphatic carbocycles. The Balaban J connectivity index is 1.27. The summed E-state index contributed by atoms with van der Waals surface area (Å²) in [6.07, 6.45) is 13.4. The number of hydrogen-bond acceptors (Lipinski definition) is 8. The van der Waals surface area contributed by atoms with Crippen molar-refractivity contribution in [3.63, 3.8) is 0 Å². The summed E-state index contributed by atoms with van der Waals surface area (Å²) >= 11 is 0. The molecule has 0 spiro atoms. The largest absolute Gasteiger partial charge is 0.356 e. The molecule has 1 saturated heterocycles. The van der Waals surface area contributed by atoms with Crippen LogP contribution < -0.4 is 10.9 Å². The molecule has 4 aromatic heterocycles. The highest BCUT2D eigenvalue weighted by Gasteiger charge is 2.22. The van der Waals surface area contributed by atoms with Gasteiger partial charge in [0.05, 0.1) is 18.3 Å². The van der Waals surface area contributed by atoms with Crippen molar-refractivity contribution in [2.75, 3.05) is 25.5 Å². The summed E-state index contributed by atoms with van der Waals surface area (Å²) in [4.78, 5) is 30.2. The second kappa shape index (κ2) is 10.4. The average Bonchev–Trinajstić information content (AvgIpc) is 3.79. The smallest absolute Gasteiger partial charge is 0.263 e. The maximum Gasteiger partial charge on any atom is 0.263 e. The fourth-order valence-corrected chi connectivity index (χ4v) is 6.01. The number of likely N-dealkylation sites (tertiary alicyclic amines) is 1. The van der Waals surface area contributed by atoms with E-state index in [1.807, 2.05) is 23.9 Å². The normalized spacial score (nSPS) is 17.4. The van der Waals surface area contributed by atoms with E-state index >= 15 is 0 Å². The van der Waals surface area contributed by atoms with Crippen molar-refractivity contribution in [2.45, 2.75) is 38.1 Å². The van der Waals surface area contributed by atoms with Crippen molar-refractivity contribution >= 4 is 28.2 Å². The summed E-state index contributed by atoms with van der Waals surface area (Å²) in [6.45, 7) is 2.49. The standard InChI is InChI=1S/C31H32N8O2/c1-37-13-11-22(18-37)20-7-9-25(10-8-20)35-31-33-16-23-15-26(29-32-12-14-38(29)2)30(40)39(28(23)36-31)19-24-17-34-41-27(24)21-5-3-4-6-21/h5,7-10,12,14-17,22H,3-4,6,11,13,18-19H2,1-2H3,(H,33,35,36). The summed E-state index contributed by atoms with van der Waals surface area (Å²) in [7, 11) is 4.04. The van der Waals surface area contributed by atoms with Gasteiger partial charge in [-0.05, 0) is 74.5 Å². The molecular weight excluding hydrogens is 516 g/mol. The first kappa shape index (κ1) is 25.4. The van der Waals surface area contributed by atoms with Crippen molar-refractivity contribution in [2.24, 2.45) is 7.05 Å². The lowest BCUT2D eigenvalue weighted by molar-refractivity contribution is 0.408. The molecule has 0 amide bonds. The molecule has 0 saturated carbocycles. The van der Waals surface area contributed by atoms with E-state index in [0.717, 1.165) is 60.3 Å². The number of allylic oxidation sites excluding steroid dienone is 2. The predicted molar refractivity (Wildman–Crippen MR) is 158 cm³/mol. The van der Waals surface area contributed by atoms with E-state index in [0.29, 0.717) is 28.9 Å². The van der Waals surface area contributed by atoms with Crippen LogP contribution in [0.2, 0.25) is 0 Å². The van der Waals surface area contributed by atoms with Gasteiger partial charge in [0.15, 0.2) is 5.76 Å². The van der Waals surface area contributed by atoms with Gasteiger partial charge in [-0.2, -0.15) is 4.98 Å². The third-order valence-corrected chi connectivity index (χ3v) is 8.22. The number of nitrogens with zero attached hydrogens (tertiary/aromatic N) is 7. The maximum atomic E-state index is 14.0. The van der Waals surface area contributed by atoms with Crippen molar-refractivity contribution < 1.29 is 4.52 Å². The molecule has 10 heteroatoms. The van der Waals surface area contributed by atoms with Crippen LogP contribution >= 0.6 is 0 Å². The lowest BCUT2D eigenvalue weighted by Gasteiger charge is -2.14. The van der Waals surface area contributed by atoms with Crippen LogP contribution in [-0.4, -0.2) is 54.3 Å². The number of likely N-dealkylation sites (N-methyl/N-ethyl adjacent to an activating group) is 1. The van der Waals surface area contributed by atoms with Gasteiger partial charge >= 0.3 is 0 Å². The van der Waals surface area contributed by atoms with Gasteiger partial charge in [-0.3, -0.25) is 9.36 Å². The highest BCUT2D eigenvalue weighted by Crippen LogP contribution is 2.31. The number of rotatable bonds is 7. The molecule has 1 aromatic carbocycles. The lowest BCUT2D eigenvalue weighted by Crippen LogP contribution is -2.25. The highest BCUT2D eigenvalue weighted by molar-refractivity contribution is 5.81. The maximum absolute atomic E-state index is 14.0. The molecule has 1 atom stereocenters. The second-order valence-electron chi connectivity index (χ2n) is 11.1. The van der Waals surface area contributed by atoms with Gasteiger partial charge in [-0.15, -0.1) is 0 Å². The first-order chi connectivity index (χ1) is 20.0. The van der Waals surface area contributed by atoms with Gasteiger partial charge < -0.3 is 19.3 Å². The molecular formula is C31H32N8O2. The zero-order valence-electron chi connectivity index (χ0n) is 23.2. The number of hydrogen-bond donors (Lipinski definition) is 1. The molecule has 1 N–H and O–H groups in total. The minimum Gasteiger partial charge on any atom is -0.356 e. The quantitative estimate of drug-likeness (QED) is 0.304. The number of anilines is 2. The molecule has 10 nitrogen and oxygen atoms in total. The highest BCUT2D eigenvalue weighted by atomic mass is 16.5. The topological polar surface area (TPSA) is 107 Å². The molecule has 5 heterocycles. The Morgan fingerprint density at radius 3 is 2.73 bits per heavy atom. The number of imidazole rings is 1. The van der Waals surface area contributed by atoms with Gasteiger partial charge in [0.1, 0.15) is 11.5 Å². The van der Waals surface area contributed by atoms with Crippen LogP contribution in [0.1, 0.15) is 48.5 Å². The van der Waals surface area contributed by atoms with Crippen LogP contribution in [0.25, 0.3) is 28.0 Å². The monoisotopic (exact) mass is 548 g/mol. The van der Waals surface area contributed by atoms with Crippen LogP contribution in [0.15, 0.2) is 70.5 Å². The average molecular weight is 549 g/mol. The molecule has 5 aromatic rings. The number of fused-ring (bicyclic) bond motifs is 1. The number of benzene rings is 1. The van der Waals surface area contributed by atoms with Crippen LogP contribution in [0.4, 0.5) is 11.6 Å². The molecule has 1 unspecified atom stereocenters. The molecule has 208 valence electrons. The van der Waals surface area contributed by atoms with Gasteiger partial charge in [0.2, 0.25) is 5.95 Å². The van der Waals surface area contributed by atoms with Gasteiger partial charge in [-0.25, -0.2) is 9.97 Å². The summed E-state index contributed by atoms with van der Waals surface area (Å²) in [6, 6.07) is 10.3. The first-order valence-electron chi connectivity index (χ1n) is 14.1. The Bertz CT molecular complexity index is 1810. The number of nitrogens with one attached hydrogen (secondary N) is 1. The van der Waals surface area contributed by atoms with Crippen LogP contribution in [-0.2, 0) is 13.6 Å². The predicted octanol–water partition coefficient (Wildman–Crippen LogP) is 4.96. The third-order valence-electron chi connectivity index (χ3n) is 8.22.